The molecule has 0 radical (unpaired) electrons. The molecular formula is C17H17ClN2O2. The Labute approximate surface area is 134 Å². The lowest BCUT2D eigenvalue weighted by atomic mass is 9.96. The first-order valence-electron chi connectivity index (χ1n) is 6.83. The zero-order valence-corrected chi connectivity index (χ0v) is 13.4. The molecule has 0 aliphatic carbocycles. The van der Waals surface area contributed by atoms with Crippen LogP contribution in [0.25, 0.3) is 11.1 Å². The van der Waals surface area contributed by atoms with Crippen LogP contribution >= 0.6 is 11.6 Å². The molecule has 0 aromatic heterocycles. The van der Waals surface area contributed by atoms with E-state index in [-0.39, 0.29) is 11.8 Å². The molecule has 5 heteroatoms. The van der Waals surface area contributed by atoms with Crippen molar-refractivity contribution in [3.63, 3.8) is 0 Å². The number of carbonyl (C=O) groups is 2. The molecule has 0 bridgehead atoms. The monoisotopic (exact) mass is 316 g/mol. The van der Waals surface area contributed by atoms with E-state index in [0.717, 1.165) is 16.7 Å². The average Bonchev–Trinajstić information content (AvgIpc) is 2.54. The average molecular weight is 317 g/mol. The van der Waals surface area contributed by atoms with Crippen LogP contribution in [-0.4, -0.2) is 25.9 Å². The minimum atomic E-state index is -0.228. The number of aryl methyl sites for hydroxylation is 1. The number of nitrogens with one attached hydrogen (secondary N) is 2. The van der Waals surface area contributed by atoms with E-state index in [9.17, 15) is 9.59 Å². The van der Waals surface area contributed by atoms with Crippen LogP contribution in [0.3, 0.4) is 0 Å². The van der Waals surface area contributed by atoms with Gasteiger partial charge in [0.25, 0.3) is 11.8 Å². The van der Waals surface area contributed by atoms with E-state index in [1.807, 2.05) is 25.1 Å². The van der Waals surface area contributed by atoms with Crippen molar-refractivity contribution in [3.8, 4) is 11.1 Å². The van der Waals surface area contributed by atoms with Gasteiger partial charge in [0, 0.05) is 25.2 Å². The highest BCUT2D eigenvalue weighted by Crippen LogP contribution is 2.34. The first kappa shape index (κ1) is 16.0. The molecule has 114 valence electrons. The predicted octanol–water partition coefficient (Wildman–Crippen LogP) is 3.03. The van der Waals surface area contributed by atoms with Crippen LogP contribution in [0.15, 0.2) is 36.4 Å². The topological polar surface area (TPSA) is 58.2 Å². The van der Waals surface area contributed by atoms with Gasteiger partial charge in [-0.2, -0.15) is 0 Å². The Bertz CT molecular complexity index is 724. The lowest BCUT2D eigenvalue weighted by Crippen LogP contribution is -2.18. The molecule has 2 aromatic carbocycles. The highest BCUT2D eigenvalue weighted by Gasteiger charge is 2.16. The zero-order chi connectivity index (χ0) is 16.3. The number of hydrogen-bond donors (Lipinski definition) is 2. The van der Waals surface area contributed by atoms with E-state index in [4.69, 9.17) is 11.6 Å². The lowest BCUT2D eigenvalue weighted by molar-refractivity contribution is 0.0955. The molecular weight excluding hydrogens is 300 g/mol. The maximum atomic E-state index is 11.9. The molecule has 22 heavy (non-hydrogen) atoms. The maximum Gasteiger partial charge on any atom is 0.252 e. The fourth-order valence-electron chi connectivity index (χ4n) is 2.27. The van der Waals surface area contributed by atoms with Gasteiger partial charge in [0.15, 0.2) is 0 Å². The molecule has 2 rings (SSSR count). The van der Waals surface area contributed by atoms with E-state index < -0.39 is 0 Å². The van der Waals surface area contributed by atoms with Gasteiger partial charge in [0.2, 0.25) is 0 Å². The van der Waals surface area contributed by atoms with E-state index in [0.29, 0.717) is 16.1 Å². The van der Waals surface area contributed by atoms with Gasteiger partial charge in [0.05, 0.1) is 10.6 Å². The molecule has 0 heterocycles. The van der Waals surface area contributed by atoms with E-state index in [2.05, 4.69) is 10.6 Å². The van der Waals surface area contributed by atoms with Crippen molar-refractivity contribution in [2.24, 2.45) is 0 Å². The number of benzene rings is 2. The maximum absolute atomic E-state index is 11.9. The summed E-state index contributed by atoms with van der Waals surface area (Å²) in [5.41, 5.74) is 3.63. The second-order valence-corrected chi connectivity index (χ2v) is 5.23. The zero-order valence-electron chi connectivity index (χ0n) is 12.7. The molecule has 2 N–H and O–H groups in total. The van der Waals surface area contributed by atoms with Gasteiger partial charge in [-0.15, -0.1) is 0 Å². The van der Waals surface area contributed by atoms with Crippen LogP contribution in [0.4, 0.5) is 0 Å². The largest absolute Gasteiger partial charge is 0.355 e. The van der Waals surface area contributed by atoms with Crippen molar-refractivity contribution >= 4 is 23.4 Å². The van der Waals surface area contributed by atoms with E-state index in [1.54, 1.807) is 32.3 Å². The molecule has 0 spiro atoms. The van der Waals surface area contributed by atoms with Gasteiger partial charge < -0.3 is 10.6 Å². The van der Waals surface area contributed by atoms with Crippen LogP contribution < -0.4 is 10.6 Å². The van der Waals surface area contributed by atoms with Gasteiger partial charge in [-0.05, 0) is 36.2 Å². The molecule has 0 aliphatic rings. The Morgan fingerprint density at radius 2 is 1.50 bits per heavy atom. The first-order valence-corrected chi connectivity index (χ1v) is 7.21. The van der Waals surface area contributed by atoms with Crippen LogP contribution in [-0.2, 0) is 0 Å². The third kappa shape index (κ3) is 2.97. The summed E-state index contributed by atoms with van der Waals surface area (Å²) in [6, 6.07) is 10.7. The Balaban J connectivity index is 2.52. The van der Waals surface area contributed by atoms with E-state index in [1.165, 1.54) is 0 Å². The number of carbonyl (C=O) groups excluding carboxylic acids is 2. The summed E-state index contributed by atoms with van der Waals surface area (Å²) < 4.78 is 0. The number of halogens is 1. The van der Waals surface area contributed by atoms with E-state index >= 15 is 0 Å². The summed E-state index contributed by atoms with van der Waals surface area (Å²) in [5.74, 6) is -0.373. The molecule has 2 aromatic rings. The molecule has 0 aliphatic heterocycles. The number of amides is 2. The highest BCUT2D eigenvalue weighted by molar-refractivity contribution is 6.36. The smallest absolute Gasteiger partial charge is 0.252 e. The minimum Gasteiger partial charge on any atom is -0.355 e. The predicted molar refractivity (Wildman–Crippen MR) is 88.4 cm³/mol. The summed E-state index contributed by atoms with van der Waals surface area (Å²) in [6.07, 6.45) is 0. The van der Waals surface area contributed by atoms with Crippen molar-refractivity contribution < 1.29 is 9.59 Å². The highest BCUT2D eigenvalue weighted by atomic mass is 35.5. The normalized spacial score (nSPS) is 10.2. The standard InChI is InChI=1S/C17H17ClN2O2/c1-10-4-9-13(17(22)20-3)15(18)14(10)11-5-7-12(8-6-11)16(21)19-2/h4-9H,1-3H3,(H,19,21)(H,20,22). The van der Waals surface area contributed by atoms with Crippen molar-refractivity contribution in [3.05, 3.63) is 58.1 Å². The fourth-order valence-corrected chi connectivity index (χ4v) is 2.68. The Kier molecular flexibility index (Phi) is 4.83. The van der Waals surface area contributed by atoms with Crippen LogP contribution in [0.1, 0.15) is 26.3 Å². The molecule has 0 saturated heterocycles. The first-order chi connectivity index (χ1) is 10.5. The van der Waals surface area contributed by atoms with Gasteiger partial charge in [-0.25, -0.2) is 0 Å². The number of hydrogen-bond acceptors (Lipinski definition) is 2. The van der Waals surface area contributed by atoms with Crippen molar-refractivity contribution in [1.29, 1.82) is 0 Å². The van der Waals surface area contributed by atoms with Gasteiger partial charge in [-0.3, -0.25) is 9.59 Å². The molecule has 4 nitrogen and oxygen atoms in total. The van der Waals surface area contributed by atoms with Gasteiger partial charge >= 0.3 is 0 Å². The van der Waals surface area contributed by atoms with Crippen molar-refractivity contribution in [1.82, 2.24) is 10.6 Å². The Morgan fingerprint density at radius 1 is 0.909 bits per heavy atom. The summed E-state index contributed by atoms with van der Waals surface area (Å²) in [7, 11) is 3.15. The minimum absolute atomic E-state index is 0.145. The SMILES string of the molecule is CNC(=O)c1ccc(-c2c(C)ccc(C(=O)NC)c2Cl)cc1. The molecule has 0 saturated carbocycles. The van der Waals surface area contributed by atoms with Crippen molar-refractivity contribution in [2.45, 2.75) is 6.92 Å². The van der Waals surface area contributed by atoms with Crippen molar-refractivity contribution in [2.75, 3.05) is 14.1 Å². The van der Waals surface area contributed by atoms with Crippen LogP contribution in [0.2, 0.25) is 5.02 Å². The molecule has 0 unspecified atom stereocenters. The van der Waals surface area contributed by atoms with Gasteiger partial charge in [0.1, 0.15) is 0 Å². The third-order valence-electron chi connectivity index (χ3n) is 3.48. The Morgan fingerprint density at radius 3 is 2.05 bits per heavy atom. The summed E-state index contributed by atoms with van der Waals surface area (Å²) in [5, 5.41) is 5.56. The summed E-state index contributed by atoms with van der Waals surface area (Å²) in [6.45, 7) is 1.93. The second kappa shape index (κ2) is 6.62. The molecule has 2 amide bonds. The third-order valence-corrected chi connectivity index (χ3v) is 3.88. The molecule has 0 atom stereocenters. The van der Waals surface area contributed by atoms with Gasteiger partial charge in [-0.1, -0.05) is 29.8 Å². The summed E-state index contributed by atoms with van der Waals surface area (Å²) >= 11 is 6.41. The second-order valence-electron chi connectivity index (χ2n) is 4.85. The molecule has 0 fully saturated rings. The fraction of sp³-hybridized carbons (Fsp3) is 0.176. The van der Waals surface area contributed by atoms with Crippen LogP contribution in [0.5, 0.6) is 0 Å². The van der Waals surface area contributed by atoms with Crippen LogP contribution in [0, 0.1) is 6.92 Å². The summed E-state index contributed by atoms with van der Waals surface area (Å²) in [4.78, 5) is 23.5. The lowest BCUT2D eigenvalue weighted by Gasteiger charge is -2.13. The Hall–Kier alpha value is -2.33. The quantitative estimate of drug-likeness (QED) is 0.914. The number of rotatable bonds is 3.